The summed E-state index contributed by atoms with van der Waals surface area (Å²) < 4.78 is 10.9. The molecule has 1 aliphatic rings. The number of carbonyl (C=O) groups is 3. The number of benzene rings is 2. The molecule has 0 atom stereocenters. The van der Waals surface area contributed by atoms with Gasteiger partial charge in [-0.3, -0.25) is 19.3 Å². The normalized spacial score (nSPS) is 14.5. The van der Waals surface area contributed by atoms with Crippen LogP contribution in [0.3, 0.4) is 0 Å². The third kappa shape index (κ3) is 5.01. The first-order chi connectivity index (χ1) is 14.5. The molecule has 0 unspecified atom stereocenters. The maximum atomic E-state index is 12.3. The Bertz CT molecular complexity index is 1040. The number of methoxy groups -OCH3 is 1. The van der Waals surface area contributed by atoms with E-state index >= 15 is 0 Å². The van der Waals surface area contributed by atoms with Gasteiger partial charge in [-0.05, 0) is 47.7 Å². The molecule has 1 N–H and O–H groups in total. The summed E-state index contributed by atoms with van der Waals surface area (Å²) in [6.45, 7) is -0.265. The van der Waals surface area contributed by atoms with E-state index < -0.39 is 11.1 Å². The molecule has 0 bridgehead atoms. The summed E-state index contributed by atoms with van der Waals surface area (Å²) in [6.07, 6.45) is 6.77. The fourth-order valence-electron chi connectivity index (χ4n) is 2.63. The van der Waals surface area contributed by atoms with Crippen LogP contribution < -0.4 is 14.8 Å². The van der Waals surface area contributed by atoms with Crippen molar-refractivity contribution in [1.82, 2.24) is 4.90 Å². The van der Waals surface area contributed by atoms with Crippen LogP contribution in [0.25, 0.3) is 6.08 Å². The fourth-order valence-corrected chi connectivity index (χ4v) is 3.47. The van der Waals surface area contributed by atoms with Crippen molar-refractivity contribution in [3.63, 3.8) is 0 Å². The zero-order valence-corrected chi connectivity index (χ0v) is 16.9. The summed E-state index contributed by atoms with van der Waals surface area (Å²) in [5, 5.41) is 2.33. The number of terminal acetylenes is 1. The van der Waals surface area contributed by atoms with Crippen LogP contribution in [0, 0.1) is 12.3 Å². The van der Waals surface area contributed by atoms with Crippen LogP contribution in [0.2, 0.25) is 0 Å². The van der Waals surface area contributed by atoms with Gasteiger partial charge >= 0.3 is 0 Å². The molecular formula is C22H18N2O5S. The van der Waals surface area contributed by atoms with E-state index in [2.05, 4.69) is 11.2 Å². The van der Waals surface area contributed by atoms with Crippen LogP contribution in [0.5, 0.6) is 11.5 Å². The lowest BCUT2D eigenvalue weighted by Crippen LogP contribution is -2.28. The van der Waals surface area contributed by atoms with Crippen LogP contribution in [0.15, 0.2) is 53.4 Å². The van der Waals surface area contributed by atoms with Gasteiger partial charge in [0.15, 0.2) is 18.1 Å². The minimum Gasteiger partial charge on any atom is -0.493 e. The summed E-state index contributed by atoms with van der Waals surface area (Å²) in [7, 11) is 1.47. The molecule has 0 radical (unpaired) electrons. The molecular weight excluding hydrogens is 404 g/mol. The number of nitrogens with one attached hydrogen (secondary N) is 1. The van der Waals surface area contributed by atoms with Crippen molar-refractivity contribution >= 4 is 40.6 Å². The topological polar surface area (TPSA) is 84.9 Å². The molecule has 3 amide bonds. The first kappa shape index (κ1) is 21.0. The Morgan fingerprint density at radius 2 is 1.97 bits per heavy atom. The van der Waals surface area contributed by atoms with Gasteiger partial charge in [-0.2, -0.15) is 0 Å². The highest BCUT2D eigenvalue weighted by molar-refractivity contribution is 8.18. The van der Waals surface area contributed by atoms with Crippen LogP contribution in [-0.4, -0.2) is 42.2 Å². The maximum absolute atomic E-state index is 12.3. The van der Waals surface area contributed by atoms with E-state index in [4.69, 9.17) is 15.9 Å². The monoisotopic (exact) mass is 422 g/mol. The highest BCUT2D eigenvalue weighted by Gasteiger charge is 2.34. The number of imide groups is 1. The molecule has 152 valence electrons. The highest BCUT2D eigenvalue weighted by atomic mass is 32.2. The smallest absolute Gasteiger partial charge is 0.294 e. The first-order valence-corrected chi connectivity index (χ1v) is 9.68. The molecule has 0 spiro atoms. The minimum atomic E-state index is -0.431. The molecule has 8 heteroatoms. The van der Waals surface area contributed by atoms with E-state index in [0.29, 0.717) is 22.7 Å². The van der Waals surface area contributed by atoms with Crippen molar-refractivity contribution in [2.24, 2.45) is 0 Å². The number of nitrogens with zero attached hydrogens (tertiary/aromatic N) is 1. The Morgan fingerprint density at radius 1 is 1.20 bits per heavy atom. The zero-order valence-electron chi connectivity index (χ0n) is 16.1. The number of para-hydroxylation sites is 1. The van der Waals surface area contributed by atoms with Gasteiger partial charge in [-0.15, -0.1) is 6.42 Å². The zero-order chi connectivity index (χ0) is 21.5. The number of rotatable bonds is 7. The largest absolute Gasteiger partial charge is 0.493 e. The minimum absolute atomic E-state index is 0.0663. The Kier molecular flexibility index (Phi) is 6.78. The molecule has 2 aromatic carbocycles. The Morgan fingerprint density at radius 3 is 2.67 bits per heavy atom. The second-order valence-electron chi connectivity index (χ2n) is 6.09. The van der Waals surface area contributed by atoms with Crippen molar-refractivity contribution < 1.29 is 23.9 Å². The van der Waals surface area contributed by atoms with Gasteiger partial charge in [0.2, 0.25) is 0 Å². The number of carbonyl (C=O) groups excluding carboxylic acids is 3. The third-order valence-corrected chi connectivity index (χ3v) is 4.93. The number of amides is 3. The highest BCUT2D eigenvalue weighted by Crippen LogP contribution is 2.34. The van der Waals surface area contributed by atoms with Crippen molar-refractivity contribution in [2.75, 3.05) is 25.6 Å². The average molecular weight is 422 g/mol. The lowest BCUT2D eigenvalue weighted by molar-refractivity contribution is -0.122. The van der Waals surface area contributed by atoms with Gasteiger partial charge in [0.05, 0.1) is 18.6 Å². The molecule has 2 aromatic rings. The van der Waals surface area contributed by atoms with Gasteiger partial charge in [-0.1, -0.05) is 30.2 Å². The van der Waals surface area contributed by atoms with Crippen molar-refractivity contribution in [1.29, 1.82) is 0 Å². The first-order valence-electron chi connectivity index (χ1n) is 8.86. The van der Waals surface area contributed by atoms with Crippen LogP contribution in [0.4, 0.5) is 10.5 Å². The number of anilines is 1. The van der Waals surface area contributed by atoms with Gasteiger partial charge in [-0.25, -0.2) is 0 Å². The standard InChI is InChI=1S/C22H18N2O5S/c1-3-11-24-21(26)19(30-22(24)27)13-15-9-10-17(18(12-15)28-2)29-14-20(25)23-16-7-5-4-6-8-16/h1,4-10,12-13H,11,14H2,2H3,(H,23,25)/b19-13-. The van der Waals surface area contributed by atoms with Gasteiger partial charge in [0.25, 0.3) is 17.1 Å². The summed E-state index contributed by atoms with van der Waals surface area (Å²) in [6, 6.07) is 14.0. The Balaban J connectivity index is 1.68. The van der Waals surface area contributed by atoms with Gasteiger partial charge in [0.1, 0.15) is 0 Å². The molecule has 1 fully saturated rings. The number of hydrogen-bond acceptors (Lipinski definition) is 6. The number of thioether (sulfide) groups is 1. The lowest BCUT2D eigenvalue weighted by atomic mass is 10.2. The van der Waals surface area contributed by atoms with Crippen LogP contribution in [0.1, 0.15) is 5.56 Å². The fraction of sp³-hybridized carbons (Fsp3) is 0.136. The van der Waals surface area contributed by atoms with E-state index in [1.807, 2.05) is 18.2 Å². The summed E-state index contributed by atoms with van der Waals surface area (Å²) in [5.41, 5.74) is 1.31. The summed E-state index contributed by atoms with van der Waals surface area (Å²) >= 11 is 0.827. The van der Waals surface area contributed by atoms with E-state index in [0.717, 1.165) is 16.7 Å². The van der Waals surface area contributed by atoms with Crippen molar-refractivity contribution in [3.05, 3.63) is 59.0 Å². The average Bonchev–Trinajstić information content (AvgIpc) is 3.01. The van der Waals surface area contributed by atoms with E-state index in [1.54, 1.807) is 36.4 Å². The van der Waals surface area contributed by atoms with Crippen molar-refractivity contribution in [2.45, 2.75) is 0 Å². The molecule has 1 aliphatic heterocycles. The van der Waals surface area contributed by atoms with Crippen molar-refractivity contribution in [3.8, 4) is 23.8 Å². The van der Waals surface area contributed by atoms with E-state index in [9.17, 15) is 14.4 Å². The Labute approximate surface area is 178 Å². The molecule has 1 saturated heterocycles. The van der Waals surface area contributed by atoms with Crippen LogP contribution >= 0.6 is 11.8 Å². The van der Waals surface area contributed by atoms with Gasteiger partial charge < -0.3 is 14.8 Å². The third-order valence-electron chi connectivity index (χ3n) is 4.02. The molecule has 1 heterocycles. The van der Waals surface area contributed by atoms with E-state index in [1.165, 1.54) is 7.11 Å². The Hall–Kier alpha value is -3.70. The molecule has 7 nitrogen and oxygen atoms in total. The molecule has 0 aliphatic carbocycles. The van der Waals surface area contributed by atoms with E-state index in [-0.39, 0.29) is 24.0 Å². The van der Waals surface area contributed by atoms with Gasteiger partial charge in [0, 0.05) is 5.69 Å². The predicted octanol–water partition coefficient (Wildman–Crippen LogP) is 3.38. The maximum Gasteiger partial charge on any atom is 0.294 e. The summed E-state index contributed by atoms with van der Waals surface area (Å²) in [5.74, 6) is 2.31. The number of ether oxygens (including phenoxy) is 2. The SMILES string of the molecule is C#CCN1C(=O)S/C(=C\c2ccc(OCC(=O)Nc3ccccc3)c(OC)c2)C1=O. The predicted molar refractivity (Wildman–Crippen MR) is 115 cm³/mol. The molecule has 0 saturated carbocycles. The molecule has 0 aromatic heterocycles. The quantitative estimate of drug-likeness (QED) is 0.544. The second-order valence-corrected chi connectivity index (χ2v) is 7.08. The molecule has 30 heavy (non-hydrogen) atoms. The van der Waals surface area contributed by atoms with Crippen LogP contribution in [-0.2, 0) is 9.59 Å². The molecule has 3 rings (SSSR count). The summed E-state index contributed by atoms with van der Waals surface area (Å²) in [4.78, 5) is 37.5. The lowest BCUT2D eigenvalue weighted by Gasteiger charge is -2.12. The number of hydrogen-bond donors (Lipinski definition) is 1. The second kappa shape index (κ2) is 9.67.